The van der Waals surface area contributed by atoms with Gasteiger partial charge in [0, 0.05) is 16.7 Å². The third kappa shape index (κ3) is 1.91. The quantitative estimate of drug-likeness (QED) is 0.701. The molecule has 0 N–H and O–H groups in total. The highest BCUT2D eigenvalue weighted by atomic mass is 35.5. The Morgan fingerprint density at radius 1 is 1.00 bits per heavy atom. The Hall–Kier alpha value is -1.48. The van der Waals surface area contributed by atoms with E-state index in [0.717, 1.165) is 18.2 Å². The zero-order valence-corrected chi connectivity index (χ0v) is 8.65. The molecule has 0 nitrogen and oxygen atoms in total. The second kappa shape index (κ2) is 4.18. The summed E-state index contributed by atoms with van der Waals surface area (Å²) in [5.41, 5.74) is -0.604. The molecule has 0 fully saturated rings. The maximum Gasteiger partial charge on any atom is 0.142 e. The van der Waals surface area contributed by atoms with Crippen molar-refractivity contribution in [1.29, 1.82) is 0 Å². The summed E-state index contributed by atoms with van der Waals surface area (Å²) < 4.78 is 40.1. The van der Waals surface area contributed by atoms with E-state index >= 15 is 0 Å². The van der Waals surface area contributed by atoms with Crippen LogP contribution in [0.4, 0.5) is 13.2 Å². The third-order valence-electron chi connectivity index (χ3n) is 2.10. The number of hydrogen-bond acceptors (Lipinski definition) is 0. The summed E-state index contributed by atoms with van der Waals surface area (Å²) in [4.78, 5) is 0. The van der Waals surface area contributed by atoms with Crippen molar-refractivity contribution >= 4 is 11.6 Å². The van der Waals surface area contributed by atoms with Crippen molar-refractivity contribution in [3.63, 3.8) is 0 Å². The molecule has 1 radical (unpaired) electrons. The van der Waals surface area contributed by atoms with E-state index in [1.165, 1.54) is 12.1 Å². The van der Waals surface area contributed by atoms with E-state index in [-0.39, 0.29) is 10.6 Å². The summed E-state index contributed by atoms with van der Waals surface area (Å²) in [5, 5.41) is 0.168. The van der Waals surface area contributed by atoms with Gasteiger partial charge in [-0.2, -0.15) is 0 Å². The predicted octanol–water partition coefficient (Wildman–Crippen LogP) is 4.22. The normalized spacial score (nSPS) is 10.5. The number of hydrogen-bond donors (Lipinski definition) is 0. The minimum Gasteiger partial charge on any atom is -0.206 e. The average Bonchev–Trinajstić information content (AvgIpc) is 2.20. The van der Waals surface area contributed by atoms with Crippen molar-refractivity contribution in [2.45, 2.75) is 0 Å². The van der Waals surface area contributed by atoms with Crippen LogP contribution in [0.25, 0.3) is 11.1 Å². The van der Waals surface area contributed by atoms with Crippen molar-refractivity contribution in [2.75, 3.05) is 0 Å². The van der Waals surface area contributed by atoms with Gasteiger partial charge in [0.1, 0.15) is 17.5 Å². The van der Waals surface area contributed by atoms with Gasteiger partial charge in [-0.3, -0.25) is 0 Å². The van der Waals surface area contributed by atoms with Gasteiger partial charge < -0.3 is 0 Å². The first-order valence-electron chi connectivity index (χ1n) is 4.40. The van der Waals surface area contributed by atoms with Crippen molar-refractivity contribution in [1.82, 2.24) is 0 Å². The molecule has 0 saturated carbocycles. The Labute approximate surface area is 95.3 Å². The Morgan fingerprint density at radius 3 is 2.38 bits per heavy atom. The van der Waals surface area contributed by atoms with E-state index in [0.29, 0.717) is 0 Å². The second-order valence-corrected chi connectivity index (χ2v) is 3.58. The average molecular weight is 242 g/mol. The van der Waals surface area contributed by atoms with Crippen molar-refractivity contribution < 1.29 is 13.2 Å². The molecule has 0 aliphatic rings. The summed E-state index contributed by atoms with van der Waals surface area (Å²) in [6.45, 7) is 0. The van der Waals surface area contributed by atoms with Gasteiger partial charge in [-0.05, 0) is 30.3 Å². The van der Waals surface area contributed by atoms with Crippen molar-refractivity contribution in [3.8, 4) is 11.1 Å². The van der Waals surface area contributed by atoms with Crippen LogP contribution in [0.2, 0.25) is 5.02 Å². The van der Waals surface area contributed by atoms with Gasteiger partial charge in [0.15, 0.2) is 0 Å². The molecule has 0 aliphatic carbocycles. The first kappa shape index (κ1) is 11.0. The highest BCUT2D eigenvalue weighted by molar-refractivity contribution is 6.30. The minimum atomic E-state index is -0.929. The zero-order valence-electron chi connectivity index (χ0n) is 7.90. The SMILES string of the molecule is Fc1[c]ccc(F)c1-c1ccc(Cl)cc1F. The molecule has 0 bridgehead atoms. The van der Waals surface area contributed by atoms with Crippen molar-refractivity contribution in [3.05, 3.63) is 58.9 Å². The lowest BCUT2D eigenvalue weighted by Gasteiger charge is -2.06. The molecule has 0 atom stereocenters. The number of halogens is 4. The third-order valence-corrected chi connectivity index (χ3v) is 2.33. The first-order chi connectivity index (χ1) is 7.59. The molecule has 2 rings (SSSR count). The molecule has 0 spiro atoms. The molecule has 2 aromatic rings. The standard InChI is InChI=1S/C12H5ClF3/c13-7-4-5-8(11(16)6-7)12-9(14)2-1-3-10(12)15/h1-2,4-6H. The highest BCUT2D eigenvalue weighted by Crippen LogP contribution is 2.29. The first-order valence-corrected chi connectivity index (χ1v) is 4.78. The molecule has 2 aromatic carbocycles. The van der Waals surface area contributed by atoms with E-state index in [1.54, 1.807) is 0 Å². The van der Waals surface area contributed by atoms with Crippen LogP contribution in [0.15, 0.2) is 30.3 Å². The van der Waals surface area contributed by atoms with Crippen LogP contribution >= 0.6 is 11.6 Å². The predicted molar refractivity (Wildman–Crippen MR) is 55.6 cm³/mol. The molecule has 16 heavy (non-hydrogen) atoms. The molecule has 0 amide bonds. The van der Waals surface area contributed by atoms with E-state index in [4.69, 9.17) is 11.6 Å². The fourth-order valence-electron chi connectivity index (χ4n) is 1.39. The molecule has 0 aliphatic heterocycles. The zero-order chi connectivity index (χ0) is 11.7. The van der Waals surface area contributed by atoms with Gasteiger partial charge in [0.2, 0.25) is 0 Å². The van der Waals surface area contributed by atoms with Gasteiger partial charge in [-0.25, -0.2) is 13.2 Å². The number of rotatable bonds is 1. The Balaban J connectivity index is 2.68. The Morgan fingerprint density at radius 2 is 1.75 bits per heavy atom. The molecule has 81 valence electrons. The van der Waals surface area contributed by atoms with Crippen LogP contribution in [-0.2, 0) is 0 Å². The maximum absolute atomic E-state index is 13.5. The van der Waals surface area contributed by atoms with E-state index in [9.17, 15) is 13.2 Å². The van der Waals surface area contributed by atoms with E-state index in [2.05, 4.69) is 6.07 Å². The second-order valence-electron chi connectivity index (χ2n) is 3.14. The van der Waals surface area contributed by atoms with E-state index in [1.807, 2.05) is 0 Å². The summed E-state index contributed by atoms with van der Waals surface area (Å²) in [7, 11) is 0. The Kier molecular flexibility index (Phi) is 2.88. The van der Waals surface area contributed by atoms with Gasteiger partial charge in [0.25, 0.3) is 0 Å². The smallest absolute Gasteiger partial charge is 0.142 e. The summed E-state index contributed by atoms with van der Waals surface area (Å²) >= 11 is 5.55. The van der Waals surface area contributed by atoms with Crippen LogP contribution in [0, 0.1) is 23.5 Å². The van der Waals surface area contributed by atoms with Crippen LogP contribution < -0.4 is 0 Å². The molecule has 0 aromatic heterocycles. The lowest BCUT2D eigenvalue weighted by molar-refractivity contribution is 0.581. The minimum absolute atomic E-state index is 0.168. The van der Waals surface area contributed by atoms with Crippen LogP contribution in [0.5, 0.6) is 0 Å². The van der Waals surface area contributed by atoms with Crippen LogP contribution in [0.3, 0.4) is 0 Å². The molecule has 0 heterocycles. The van der Waals surface area contributed by atoms with Crippen molar-refractivity contribution in [2.24, 2.45) is 0 Å². The molecular weight excluding hydrogens is 237 g/mol. The van der Waals surface area contributed by atoms with Crippen LogP contribution in [-0.4, -0.2) is 0 Å². The number of benzene rings is 2. The molecule has 0 unspecified atom stereocenters. The lowest BCUT2D eigenvalue weighted by atomic mass is 10.0. The maximum atomic E-state index is 13.5. The summed E-state index contributed by atoms with van der Waals surface area (Å²) in [6, 6.07) is 7.89. The fraction of sp³-hybridized carbons (Fsp3) is 0. The van der Waals surface area contributed by atoms with Gasteiger partial charge in [-0.15, -0.1) is 0 Å². The molecule has 0 saturated heterocycles. The molecular formula is C12H5ClF3. The van der Waals surface area contributed by atoms with Gasteiger partial charge in [-0.1, -0.05) is 11.6 Å². The summed E-state index contributed by atoms with van der Waals surface area (Å²) in [6.07, 6.45) is 0. The fourth-order valence-corrected chi connectivity index (χ4v) is 1.55. The topological polar surface area (TPSA) is 0 Å². The monoisotopic (exact) mass is 241 g/mol. The van der Waals surface area contributed by atoms with E-state index < -0.39 is 23.0 Å². The highest BCUT2D eigenvalue weighted by Gasteiger charge is 2.15. The largest absolute Gasteiger partial charge is 0.206 e. The molecule has 4 heteroatoms. The lowest BCUT2D eigenvalue weighted by Crippen LogP contribution is -1.92. The Bertz CT molecular complexity index is 518. The van der Waals surface area contributed by atoms with Crippen LogP contribution in [0.1, 0.15) is 0 Å². The summed E-state index contributed by atoms with van der Waals surface area (Å²) in [5.74, 6) is -2.54. The van der Waals surface area contributed by atoms with Gasteiger partial charge >= 0.3 is 0 Å². The van der Waals surface area contributed by atoms with Gasteiger partial charge in [0.05, 0.1) is 5.56 Å².